The normalized spacial score (nSPS) is 10.8. The molecule has 0 bridgehead atoms. The Balaban J connectivity index is 1.80. The van der Waals surface area contributed by atoms with Gasteiger partial charge in [0.15, 0.2) is 11.6 Å². The molecule has 0 radical (unpaired) electrons. The molecule has 0 spiro atoms. The zero-order valence-corrected chi connectivity index (χ0v) is 10.7. The zero-order valence-electron chi connectivity index (χ0n) is 9.86. The predicted octanol–water partition coefficient (Wildman–Crippen LogP) is 4.19. The van der Waals surface area contributed by atoms with E-state index in [2.05, 4.69) is 10.3 Å². The van der Waals surface area contributed by atoms with Crippen molar-refractivity contribution in [2.24, 2.45) is 0 Å². The lowest BCUT2D eigenvalue weighted by Gasteiger charge is -2.07. The smallest absolute Gasteiger partial charge is 0.163 e. The summed E-state index contributed by atoms with van der Waals surface area (Å²) < 4.78 is 27.6. The number of fused-ring (bicyclic) bond motifs is 1. The molecule has 1 N–H and O–H groups in total. The van der Waals surface area contributed by atoms with Crippen LogP contribution in [0.1, 0.15) is 5.56 Å². The molecule has 0 saturated carbocycles. The Morgan fingerprint density at radius 3 is 2.95 bits per heavy atom. The molecule has 3 rings (SSSR count). The number of anilines is 1. The van der Waals surface area contributed by atoms with E-state index in [1.807, 2.05) is 18.2 Å². The number of hydrogen-bond acceptors (Lipinski definition) is 3. The lowest BCUT2D eigenvalue weighted by atomic mass is 10.2. The Hall–Kier alpha value is -2.01. The first-order chi connectivity index (χ1) is 9.24. The van der Waals surface area contributed by atoms with Crippen LogP contribution in [0.4, 0.5) is 14.5 Å². The molecule has 0 aliphatic heterocycles. The van der Waals surface area contributed by atoms with Crippen molar-refractivity contribution in [3.63, 3.8) is 0 Å². The number of aromatic nitrogens is 1. The fourth-order valence-electron chi connectivity index (χ4n) is 1.85. The van der Waals surface area contributed by atoms with Gasteiger partial charge in [-0.05, 0) is 24.3 Å². The van der Waals surface area contributed by atoms with Crippen molar-refractivity contribution in [3.05, 3.63) is 59.1 Å². The van der Waals surface area contributed by atoms with E-state index < -0.39 is 11.6 Å². The lowest BCUT2D eigenvalue weighted by Crippen LogP contribution is -2.03. The molecule has 0 aliphatic carbocycles. The van der Waals surface area contributed by atoms with Crippen LogP contribution in [0.25, 0.3) is 10.2 Å². The van der Waals surface area contributed by atoms with Crippen molar-refractivity contribution >= 4 is 27.2 Å². The van der Waals surface area contributed by atoms with Gasteiger partial charge >= 0.3 is 0 Å². The summed E-state index contributed by atoms with van der Waals surface area (Å²) in [5, 5.41) is 3.08. The zero-order chi connectivity index (χ0) is 13.2. The van der Waals surface area contributed by atoms with Crippen molar-refractivity contribution in [2.45, 2.75) is 6.54 Å². The first-order valence-corrected chi connectivity index (χ1v) is 6.62. The average Bonchev–Trinajstić information content (AvgIpc) is 2.88. The molecule has 1 aromatic heterocycles. The second kappa shape index (κ2) is 4.93. The van der Waals surface area contributed by atoms with Crippen LogP contribution in [0.3, 0.4) is 0 Å². The molecule has 2 aromatic carbocycles. The minimum atomic E-state index is -0.822. The third kappa shape index (κ3) is 2.42. The van der Waals surface area contributed by atoms with Gasteiger partial charge in [0.05, 0.1) is 15.7 Å². The highest BCUT2D eigenvalue weighted by molar-refractivity contribution is 7.16. The molecule has 96 valence electrons. The van der Waals surface area contributed by atoms with E-state index in [4.69, 9.17) is 0 Å². The van der Waals surface area contributed by atoms with Crippen molar-refractivity contribution in [2.75, 3.05) is 5.32 Å². The van der Waals surface area contributed by atoms with Crippen molar-refractivity contribution in [1.82, 2.24) is 4.98 Å². The van der Waals surface area contributed by atoms with Gasteiger partial charge in [0.1, 0.15) is 0 Å². The lowest BCUT2D eigenvalue weighted by molar-refractivity contribution is 0.500. The number of rotatable bonds is 3. The van der Waals surface area contributed by atoms with Crippen LogP contribution in [-0.2, 0) is 6.54 Å². The number of hydrogen-bond donors (Lipinski definition) is 1. The fourth-order valence-corrected chi connectivity index (χ4v) is 2.56. The van der Waals surface area contributed by atoms with Gasteiger partial charge in [-0.15, -0.1) is 11.3 Å². The maximum absolute atomic E-state index is 13.5. The van der Waals surface area contributed by atoms with Gasteiger partial charge in [0.2, 0.25) is 0 Å². The molecule has 3 aromatic rings. The predicted molar refractivity (Wildman–Crippen MR) is 73.3 cm³/mol. The maximum Gasteiger partial charge on any atom is 0.163 e. The topological polar surface area (TPSA) is 24.9 Å². The molecule has 0 fully saturated rings. The second-order valence-corrected chi connectivity index (χ2v) is 4.99. The van der Waals surface area contributed by atoms with E-state index in [-0.39, 0.29) is 6.54 Å². The standard InChI is InChI=1S/C14H10F2N2S/c15-11-3-1-2-9(14(11)16)7-17-10-4-5-12-13(6-10)19-8-18-12/h1-6,8,17H,7H2. The quantitative estimate of drug-likeness (QED) is 0.776. The number of thiazole rings is 1. The monoisotopic (exact) mass is 276 g/mol. The molecule has 2 nitrogen and oxygen atoms in total. The summed E-state index contributed by atoms with van der Waals surface area (Å²) in [6.45, 7) is 0.244. The van der Waals surface area contributed by atoms with Gasteiger partial charge in [0.25, 0.3) is 0 Å². The van der Waals surface area contributed by atoms with Crippen molar-refractivity contribution < 1.29 is 8.78 Å². The Morgan fingerprint density at radius 1 is 1.16 bits per heavy atom. The summed E-state index contributed by atoms with van der Waals surface area (Å²) in [5.41, 5.74) is 3.89. The maximum atomic E-state index is 13.5. The van der Waals surface area contributed by atoms with Crippen LogP contribution in [0.2, 0.25) is 0 Å². The van der Waals surface area contributed by atoms with E-state index in [1.54, 1.807) is 22.9 Å². The Labute approximate surface area is 112 Å². The SMILES string of the molecule is Fc1cccc(CNc2ccc3ncsc3c2)c1F. The molecule has 0 saturated heterocycles. The Morgan fingerprint density at radius 2 is 2.05 bits per heavy atom. The van der Waals surface area contributed by atoms with E-state index in [1.165, 1.54) is 6.07 Å². The van der Waals surface area contributed by atoms with Crippen LogP contribution in [0, 0.1) is 11.6 Å². The van der Waals surface area contributed by atoms with Gasteiger partial charge in [-0.25, -0.2) is 13.8 Å². The number of benzene rings is 2. The first-order valence-electron chi connectivity index (χ1n) is 5.74. The van der Waals surface area contributed by atoms with Gasteiger partial charge in [-0.3, -0.25) is 0 Å². The van der Waals surface area contributed by atoms with Crippen LogP contribution in [0.5, 0.6) is 0 Å². The first kappa shape index (κ1) is 12.0. The molecular weight excluding hydrogens is 266 g/mol. The summed E-state index contributed by atoms with van der Waals surface area (Å²) in [6, 6.07) is 9.90. The van der Waals surface area contributed by atoms with Crippen molar-refractivity contribution in [3.8, 4) is 0 Å². The molecular formula is C14H10F2N2S. The average molecular weight is 276 g/mol. The van der Waals surface area contributed by atoms with E-state index >= 15 is 0 Å². The Kier molecular flexibility index (Phi) is 3.13. The number of halogens is 2. The van der Waals surface area contributed by atoms with E-state index in [0.29, 0.717) is 5.56 Å². The molecule has 0 atom stereocenters. The van der Waals surface area contributed by atoms with Crippen LogP contribution in [-0.4, -0.2) is 4.98 Å². The minimum Gasteiger partial charge on any atom is -0.381 e. The molecule has 1 heterocycles. The summed E-state index contributed by atoms with van der Waals surface area (Å²) >= 11 is 1.54. The van der Waals surface area contributed by atoms with Gasteiger partial charge < -0.3 is 5.32 Å². The van der Waals surface area contributed by atoms with E-state index in [0.717, 1.165) is 22.0 Å². The minimum absolute atomic E-state index is 0.244. The third-order valence-corrected chi connectivity index (χ3v) is 3.64. The summed E-state index contributed by atoms with van der Waals surface area (Å²) in [6.07, 6.45) is 0. The van der Waals surface area contributed by atoms with Gasteiger partial charge in [-0.1, -0.05) is 12.1 Å². The molecule has 19 heavy (non-hydrogen) atoms. The fraction of sp³-hybridized carbons (Fsp3) is 0.0714. The molecule has 0 unspecified atom stereocenters. The summed E-state index contributed by atoms with van der Waals surface area (Å²) in [7, 11) is 0. The third-order valence-electron chi connectivity index (χ3n) is 2.85. The number of nitrogens with one attached hydrogen (secondary N) is 1. The van der Waals surface area contributed by atoms with Gasteiger partial charge in [0, 0.05) is 17.8 Å². The summed E-state index contributed by atoms with van der Waals surface area (Å²) in [5.74, 6) is -1.62. The highest BCUT2D eigenvalue weighted by atomic mass is 32.1. The highest BCUT2D eigenvalue weighted by Crippen LogP contribution is 2.22. The molecule has 5 heteroatoms. The Bertz CT molecular complexity index is 724. The van der Waals surface area contributed by atoms with E-state index in [9.17, 15) is 8.78 Å². The van der Waals surface area contributed by atoms with Gasteiger partial charge in [-0.2, -0.15) is 0 Å². The summed E-state index contributed by atoms with van der Waals surface area (Å²) in [4.78, 5) is 4.18. The molecule has 0 aliphatic rings. The van der Waals surface area contributed by atoms with Crippen LogP contribution < -0.4 is 5.32 Å². The van der Waals surface area contributed by atoms with Crippen LogP contribution >= 0.6 is 11.3 Å². The van der Waals surface area contributed by atoms with Crippen molar-refractivity contribution in [1.29, 1.82) is 0 Å². The largest absolute Gasteiger partial charge is 0.381 e. The molecule has 0 amide bonds. The van der Waals surface area contributed by atoms with Crippen LogP contribution in [0.15, 0.2) is 41.9 Å². The number of nitrogens with zero attached hydrogens (tertiary/aromatic N) is 1. The highest BCUT2D eigenvalue weighted by Gasteiger charge is 2.07. The second-order valence-electron chi connectivity index (χ2n) is 4.10.